The summed E-state index contributed by atoms with van der Waals surface area (Å²) in [5.41, 5.74) is -0.592. The van der Waals surface area contributed by atoms with Gasteiger partial charge in [-0.2, -0.15) is 0 Å². The number of hydrogen-bond donors (Lipinski definition) is 1. The van der Waals surface area contributed by atoms with Crippen molar-refractivity contribution in [2.24, 2.45) is 5.92 Å². The monoisotopic (exact) mass is 284 g/mol. The van der Waals surface area contributed by atoms with Crippen LogP contribution in [0.4, 0.5) is 0 Å². The van der Waals surface area contributed by atoms with E-state index < -0.39 is 5.54 Å². The molecule has 20 heavy (non-hydrogen) atoms. The second-order valence-corrected chi connectivity index (χ2v) is 6.44. The van der Waals surface area contributed by atoms with Gasteiger partial charge in [-0.15, -0.1) is 0 Å². The molecular weight excluding hydrogens is 256 g/mol. The maximum absolute atomic E-state index is 12.1. The Hall–Kier alpha value is -0.650. The SMILES string of the molecule is COCC1CCCN(CC(C)(NC2CC2)C(=O)OC)C1. The van der Waals surface area contributed by atoms with Gasteiger partial charge >= 0.3 is 5.97 Å². The van der Waals surface area contributed by atoms with Crippen LogP contribution in [0.1, 0.15) is 32.6 Å². The second kappa shape index (κ2) is 6.87. The summed E-state index contributed by atoms with van der Waals surface area (Å²) >= 11 is 0. The maximum Gasteiger partial charge on any atom is 0.327 e. The van der Waals surface area contributed by atoms with Crippen molar-refractivity contribution < 1.29 is 14.3 Å². The van der Waals surface area contributed by atoms with Gasteiger partial charge in [0.05, 0.1) is 13.7 Å². The van der Waals surface area contributed by atoms with Crippen molar-refractivity contribution in [3.05, 3.63) is 0 Å². The van der Waals surface area contributed by atoms with Gasteiger partial charge in [0.1, 0.15) is 5.54 Å². The highest BCUT2D eigenvalue weighted by molar-refractivity contribution is 5.80. The minimum absolute atomic E-state index is 0.154. The Balaban J connectivity index is 1.93. The van der Waals surface area contributed by atoms with Gasteiger partial charge in [0.15, 0.2) is 0 Å². The van der Waals surface area contributed by atoms with Crippen LogP contribution < -0.4 is 5.32 Å². The smallest absolute Gasteiger partial charge is 0.327 e. The molecule has 5 nitrogen and oxygen atoms in total. The van der Waals surface area contributed by atoms with E-state index in [1.165, 1.54) is 32.8 Å². The molecule has 1 N–H and O–H groups in total. The van der Waals surface area contributed by atoms with Gasteiger partial charge in [0.2, 0.25) is 0 Å². The normalized spacial score (nSPS) is 27.1. The number of methoxy groups -OCH3 is 2. The summed E-state index contributed by atoms with van der Waals surface area (Å²) in [7, 11) is 3.23. The van der Waals surface area contributed by atoms with Crippen molar-refractivity contribution in [2.45, 2.75) is 44.2 Å². The number of hydrogen-bond acceptors (Lipinski definition) is 5. The Morgan fingerprint density at radius 3 is 2.70 bits per heavy atom. The molecule has 1 aliphatic carbocycles. The third-order valence-electron chi connectivity index (χ3n) is 4.28. The van der Waals surface area contributed by atoms with Gasteiger partial charge in [-0.1, -0.05) is 0 Å². The molecule has 0 aromatic heterocycles. The quantitative estimate of drug-likeness (QED) is 0.708. The van der Waals surface area contributed by atoms with Gasteiger partial charge < -0.3 is 14.4 Å². The van der Waals surface area contributed by atoms with Gasteiger partial charge in [-0.25, -0.2) is 0 Å². The summed E-state index contributed by atoms with van der Waals surface area (Å²) < 4.78 is 10.3. The zero-order valence-corrected chi connectivity index (χ0v) is 13.0. The van der Waals surface area contributed by atoms with Crippen molar-refractivity contribution in [1.29, 1.82) is 0 Å². The summed E-state index contributed by atoms with van der Waals surface area (Å²) in [4.78, 5) is 14.5. The number of likely N-dealkylation sites (tertiary alicyclic amines) is 1. The van der Waals surface area contributed by atoms with E-state index in [9.17, 15) is 4.79 Å². The number of esters is 1. The molecule has 1 saturated heterocycles. The van der Waals surface area contributed by atoms with Crippen molar-refractivity contribution in [2.75, 3.05) is 40.5 Å². The molecule has 1 saturated carbocycles. The molecule has 0 aromatic rings. The third kappa shape index (κ3) is 4.17. The maximum atomic E-state index is 12.1. The first-order valence-electron chi connectivity index (χ1n) is 7.65. The summed E-state index contributed by atoms with van der Waals surface area (Å²) in [6.07, 6.45) is 4.72. The van der Waals surface area contributed by atoms with Gasteiger partial charge in [-0.3, -0.25) is 10.1 Å². The van der Waals surface area contributed by atoms with Crippen molar-refractivity contribution in [1.82, 2.24) is 10.2 Å². The first-order valence-corrected chi connectivity index (χ1v) is 7.65. The molecule has 0 bridgehead atoms. The highest BCUT2D eigenvalue weighted by atomic mass is 16.5. The van der Waals surface area contributed by atoms with Crippen LogP contribution >= 0.6 is 0 Å². The standard InChI is InChI=1S/C15H28N2O3/c1-15(14(18)20-3,16-13-6-7-13)11-17-8-4-5-12(9-17)10-19-2/h12-13,16H,4-11H2,1-3H3. The van der Waals surface area contributed by atoms with Gasteiger partial charge in [-0.05, 0) is 45.1 Å². The molecule has 1 heterocycles. The van der Waals surface area contributed by atoms with E-state index in [1.807, 2.05) is 6.92 Å². The molecule has 0 amide bonds. The van der Waals surface area contributed by atoms with Crippen LogP contribution in [0, 0.1) is 5.92 Å². The average molecular weight is 284 g/mol. The lowest BCUT2D eigenvalue weighted by Crippen LogP contribution is -2.59. The molecule has 2 aliphatic rings. The Morgan fingerprint density at radius 2 is 2.10 bits per heavy atom. The van der Waals surface area contributed by atoms with Crippen molar-refractivity contribution >= 4 is 5.97 Å². The Bertz CT molecular complexity index is 331. The third-order valence-corrected chi connectivity index (χ3v) is 4.28. The fraction of sp³-hybridized carbons (Fsp3) is 0.933. The Kier molecular flexibility index (Phi) is 5.41. The average Bonchev–Trinajstić information content (AvgIpc) is 3.22. The fourth-order valence-corrected chi connectivity index (χ4v) is 3.19. The number of nitrogens with one attached hydrogen (secondary N) is 1. The highest BCUT2D eigenvalue weighted by Crippen LogP contribution is 2.25. The van der Waals surface area contributed by atoms with Crippen LogP contribution in [0.5, 0.6) is 0 Å². The van der Waals surface area contributed by atoms with E-state index in [1.54, 1.807) is 7.11 Å². The molecular formula is C15H28N2O3. The van der Waals surface area contributed by atoms with E-state index in [4.69, 9.17) is 9.47 Å². The summed E-state index contributed by atoms with van der Waals surface area (Å²) in [6.45, 7) is 5.56. The predicted octanol–water partition coefficient (Wildman–Crippen LogP) is 1.03. The molecule has 2 rings (SSSR count). The van der Waals surface area contributed by atoms with E-state index in [0.717, 1.165) is 26.2 Å². The van der Waals surface area contributed by atoms with Crippen molar-refractivity contribution in [3.8, 4) is 0 Å². The minimum atomic E-state index is -0.592. The van der Waals surface area contributed by atoms with Crippen LogP contribution in [0.2, 0.25) is 0 Å². The zero-order chi connectivity index (χ0) is 14.6. The number of nitrogens with zero attached hydrogens (tertiary/aromatic N) is 1. The number of carbonyl (C=O) groups is 1. The van der Waals surface area contributed by atoms with Crippen LogP contribution in [-0.4, -0.2) is 62.9 Å². The molecule has 5 heteroatoms. The lowest BCUT2D eigenvalue weighted by Gasteiger charge is -2.38. The van der Waals surface area contributed by atoms with E-state index >= 15 is 0 Å². The number of piperidine rings is 1. The Labute approximate surface area is 122 Å². The summed E-state index contributed by atoms with van der Waals surface area (Å²) in [5, 5.41) is 3.46. The molecule has 116 valence electrons. The molecule has 1 aliphatic heterocycles. The van der Waals surface area contributed by atoms with E-state index in [0.29, 0.717) is 12.0 Å². The van der Waals surface area contributed by atoms with Crippen molar-refractivity contribution in [3.63, 3.8) is 0 Å². The molecule has 2 fully saturated rings. The predicted molar refractivity (Wildman–Crippen MR) is 77.6 cm³/mol. The van der Waals surface area contributed by atoms with Crippen LogP contribution in [0.15, 0.2) is 0 Å². The van der Waals surface area contributed by atoms with Crippen LogP contribution in [-0.2, 0) is 14.3 Å². The summed E-state index contributed by atoms with van der Waals surface area (Å²) in [5.74, 6) is 0.426. The largest absolute Gasteiger partial charge is 0.468 e. The molecule has 0 spiro atoms. The Morgan fingerprint density at radius 1 is 1.35 bits per heavy atom. The molecule has 0 aromatic carbocycles. The van der Waals surface area contributed by atoms with Crippen LogP contribution in [0.3, 0.4) is 0 Å². The van der Waals surface area contributed by atoms with Gasteiger partial charge in [0, 0.05) is 26.2 Å². The molecule has 2 unspecified atom stereocenters. The van der Waals surface area contributed by atoms with Gasteiger partial charge in [0.25, 0.3) is 0 Å². The summed E-state index contributed by atoms with van der Waals surface area (Å²) in [6, 6.07) is 0.485. The zero-order valence-electron chi connectivity index (χ0n) is 13.0. The topological polar surface area (TPSA) is 50.8 Å². The second-order valence-electron chi connectivity index (χ2n) is 6.44. The van der Waals surface area contributed by atoms with Crippen LogP contribution in [0.25, 0.3) is 0 Å². The molecule has 0 radical (unpaired) electrons. The number of rotatable bonds is 7. The lowest BCUT2D eigenvalue weighted by atomic mass is 9.95. The van der Waals surface area contributed by atoms with E-state index in [2.05, 4.69) is 10.2 Å². The highest BCUT2D eigenvalue weighted by Gasteiger charge is 2.41. The van der Waals surface area contributed by atoms with E-state index in [-0.39, 0.29) is 5.97 Å². The molecule has 2 atom stereocenters. The first-order chi connectivity index (χ1) is 9.57. The minimum Gasteiger partial charge on any atom is -0.468 e. The number of ether oxygens (including phenoxy) is 2. The number of carbonyl (C=O) groups excluding carboxylic acids is 1. The lowest BCUT2D eigenvalue weighted by molar-refractivity contribution is -0.149. The fourth-order valence-electron chi connectivity index (χ4n) is 3.19. The first kappa shape index (κ1) is 15.7.